The number of benzene rings is 1. The van der Waals surface area contributed by atoms with E-state index in [9.17, 15) is 8.42 Å². The molecule has 1 aromatic carbocycles. The van der Waals surface area contributed by atoms with E-state index in [1.165, 1.54) is 12.1 Å². The molecule has 7 nitrogen and oxygen atoms in total. The van der Waals surface area contributed by atoms with Crippen molar-refractivity contribution >= 4 is 56.5 Å². The number of aryl methyl sites for hydroxylation is 1. The molecule has 40 heavy (non-hydrogen) atoms. The molecule has 0 fully saturated rings. The average Bonchev–Trinajstić information content (AvgIpc) is 3.71. The zero-order valence-corrected chi connectivity index (χ0v) is 25.8. The minimum Gasteiger partial charge on any atom is -0.355 e. The Kier molecular flexibility index (Phi) is 9.64. The SMILES string of the molecule is C1=Cc2cc3ccc(cc4ccc(cc5nc(cc1n2)C=C5)[nH]4)[nH]3.[CH2-]CCCCc1cccc(S(=O)(=O)O)c1.[Zn]. The molecule has 0 atom stereocenters. The Hall–Kier alpha value is -3.65. The Morgan fingerprint density at radius 1 is 0.675 bits per heavy atom. The number of hydrogen-bond acceptors (Lipinski definition) is 4. The molecule has 9 heteroatoms. The zero-order chi connectivity index (χ0) is 27.2. The number of nitrogens with one attached hydrogen (secondary N) is 2. The van der Waals surface area contributed by atoms with Crippen LogP contribution >= 0.6 is 0 Å². The maximum absolute atomic E-state index is 10.9. The second-order valence-electron chi connectivity index (χ2n) is 9.34. The number of aromatic amines is 2. The molecular formula is C31H29N4O3SZn-. The Labute approximate surface area is 246 Å². The second kappa shape index (κ2) is 13.1. The van der Waals surface area contributed by atoms with Crippen molar-refractivity contribution in [3.63, 3.8) is 0 Å². The summed E-state index contributed by atoms with van der Waals surface area (Å²) < 4.78 is 30.6. The maximum atomic E-state index is 10.9. The Bertz CT molecular complexity index is 1730. The summed E-state index contributed by atoms with van der Waals surface area (Å²) in [6.07, 6.45) is 11.8. The predicted octanol–water partition coefficient (Wildman–Crippen LogP) is 7.13. The summed E-state index contributed by atoms with van der Waals surface area (Å²) in [5.74, 6) is 0. The standard InChI is InChI=1S/C20H14N4.C11H15O3S.Zn/c1-2-14-10-16-5-6-18(23-16)12-20-8-7-19(24-20)11-17-4-3-15(22-17)9-13(1)21-14;1-2-3-4-6-10-7-5-8-11(9-10)15(12,13)14;/h1-12,21-22H;5,7-9H,1-4,6H2,(H,12,13,14);/q;-1;. The van der Waals surface area contributed by atoms with Gasteiger partial charge >= 0.3 is 0 Å². The first-order valence-electron chi connectivity index (χ1n) is 12.7. The van der Waals surface area contributed by atoms with E-state index in [1.54, 1.807) is 6.07 Å². The minimum absolute atomic E-state index is 0. The van der Waals surface area contributed by atoms with Crippen molar-refractivity contribution in [3.05, 3.63) is 108 Å². The molecule has 0 spiro atoms. The number of fused-ring (bicyclic) bond motifs is 8. The largest absolute Gasteiger partial charge is 0.355 e. The topological polar surface area (TPSA) is 112 Å². The van der Waals surface area contributed by atoms with Gasteiger partial charge in [-0.1, -0.05) is 25.0 Å². The van der Waals surface area contributed by atoms with E-state index in [1.807, 2.05) is 48.6 Å². The fraction of sp³-hybridized carbons (Fsp3) is 0.129. The minimum atomic E-state index is -4.07. The number of aromatic nitrogens is 4. The third kappa shape index (κ3) is 7.95. The van der Waals surface area contributed by atoms with Crippen molar-refractivity contribution < 1.29 is 32.4 Å². The number of H-pyrrole nitrogens is 2. The summed E-state index contributed by atoms with van der Waals surface area (Å²) in [6.45, 7) is 3.74. The molecule has 5 heterocycles. The van der Waals surface area contributed by atoms with Gasteiger partial charge in [-0.3, -0.25) is 4.55 Å². The molecule has 3 N–H and O–H groups in total. The van der Waals surface area contributed by atoms with E-state index in [0.29, 0.717) is 0 Å². The summed E-state index contributed by atoms with van der Waals surface area (Å²) in [4.78, 5) is 16.0. The van der Waals surface area contributed by atoms with E-state index < -0.39 is 10.1 Å². The van der Waals surface area contributed by atoms with Crippen LogP contribution in [0, 0.1) is 6.92 Å². The smallest absolute Gasteiger partial charge is 0.294 e. The van der Waals surface area contributed by atoms with Gasteiger partial charge < -0.3 is 16.9 Å². The molecule has 3 aromatic heterocycles. The number of unbranched alkanes of at least 4 members (excludes halogenated alkanes) is 2. The summed E-state index contributed by atoms with van der Waals surface area (Å²) in [7, 11) is -4.07. The summed E-state index contributed by atoms with van der Waals surface area (Å²) in [5, 5.41) is 0. The van der Waals surface area contributed by atoms with E-state index >= 15 is 0 Å². The monoisotopic (exact) mass is 601 g/mol. The van der Waals surface area contributed by atoms with Gasteiger partial charge in [0.25, 0.3) is 10.1 Å². The van der Waals surface area contributed by atoms with Crippen molar-refractivity contribution in [1.82, 2.24) is 19.9 Å². The van der Waals surface area contributed by atoms with Crippen molar-refractivity contribution in [1.29, 1.82) is 0 Å². The Balaban J connectivity index is 0.000000202. The van der Waals surface area contributed by atoms with Gasteiger partial charge in [-0.15, -0.1) is 0 Å². The van der Waals surface area contributed by atoms with Crippen LogP contribution in [0.1, 0.15) is 47.6 Å². The molecule has 2 aliphatic rings. The van der Waals surface area contributed by atoms with Crippen LogP contribution in [0.5, 0.6) is 0 Å². The Morgan fingerprint density at radius 3 is 1.68 bits per heavy atom. The van der Waals surface area contributed by atoms with Gasteiger partial charge in [0.2, 0.25) is 0 Å². The molecule has 200 valence electrons. The maximum Gasteiger partial charge on any atom is 0.294 e. The van der Waals surface area contributed by atoms with Gasteiger partial charge in [-0.05, 0) is 97.0 Å². The molecular weight excluding hydrogens is 574 g/mol. The summed E-state index contributed by atoms with van der Waals surface area (Å²) >= 11 is 0. The number of nitrogens with zero attached hydrogens (tertiary/aromatic N) is 2. The van der Waals surface area contributed by atoms with Crippen LogP contribution in [-0.2, 0) is 36.0 Å². The first-order valence-corrected chi connectivity index (χ1v) is 14.2. The molecule has 0 saturated carbocycles. The fourth-order valence-electron chi connectivity index (χ4n) is 4.31. The first-order chi connectivity index (χ1) is 18.8. The fourth-order valence-corrected chi connectivity index (χ4v) is 4.86. The van der Waals surface area contributed by atoms with Crippen LogP contribution in [0.3, 0.4) is 0 Å². The van der Waals surface area contributed by atoms with Gasteiger partial charge in [-0.2, -0.15) is 14.8 Å². The molecule has 0 aliphatic carbocycles. The summed E-state index contributed by atoms with van der Waals surface area (Å²) in [5.41, 5.74) is 8.79. The van der Waals surface area contributed by atoms with Crippen LogP contribution < -0.4 is 0 Å². The quantitative estimate of drug-likeness (QED) is 0.0841. The average molecular weight is 603 g/mol. The van der Waals surface area contributed by atoms with Crippen molar-refractivity contribution in [3.8, 4) is 0 Å². The van der Waals surface area contributed by atoms with Gasteiger partial charge in [0.1, 0.15) is 0 Å². The molecule has 0 amide bonds. The van der Waals surface area contributed by atoms with E-state index in [4.69, 9.17) is 4.55 Å². The molecule has 6 rings (SSSR count). The zero-order valence-electron chi connectivity index (χ0n) is 22.0. The van der Waals surface area contributed by atoms with Crippen molar-refractivity contribution in [2.24, 2.45) is 0 Å². The van der Waals surface area contributed by atoms with E-state index in [2.05, 4.69) is 57.2 Å². The third-order valence-electron chi connectivity index (χ3n) is 6.20. The van der Waals surface area contributed by atoms with Crippen LogP contribution in [0.25, 0.3) is 46.4 Å². The molecule has 0 saturated heterocycles. The van der Waals surface area contributed by atoms with Gasteiger partial charge in [-0.25, -0.2) is 9.97 Å². The molecule has 4 aromatic rings. The number of rotatable bonds is 5. The van der Waals surface area contributed by atoms with Crippen LogP contribution in [0.4, 0.5) is 0 Å². The molecule has 0 radical (unpaired) electrons. The van der Waals surface area contributed by atoms with Crippen LogP contribution in [0.2, 0.25) is 0 Å². The molecule has 2 aliphatic heterocycles. The Morgan fingerprint density at radius 2 is 1.18 bits per heavy atom. The van der Waals surface area contributed by atoms with Gasteiger partial charge in [0.15, 0.2) is 0 Å². The third-order valence-corrected chi connectivity index (χ3v) is 7.05. The van der Waals surface area contributed by atoms with Crippen LogP contribution in [-0.4, -0.2) is 32.9 Å². The first kappa shape index (κ1) is 29.3. The second-order valence-corrected chi connectivity index (χ2v) is 10.8. The predicted molar refractivity (Wildman–Crippen MR) is 158 cm³/mol. The van der Waals surface area contributed by atoms with Gasteiger partial charge in [0.05, 0.1) is 27.7 Å². The van der Waals surface area contributed by atoms with Crippen molar-refractivity contribution in [2.45, 2.75) is 30.6 Å². The van der Waals surface area contributed by atoms with Crippen LogP contribution in [0.15, 0.2) is 77.7 Å². The van der Waals surface area contributed by atoms with E-state index in [0.717, 1.165) is 76.1 Å². The van der Waals surface area contributed by atoms with E-state index in [-0.39, 0.29) is 24.4 Å². The van der Waals surface area contributed by atoms with Gasteiger partial charge in [0, 0.05) is 41.5 Å². The number of hydrogen-bond donors (Lipinski definition) is 3. The molecule has 8 bridgehead atoms. The van der Waals surface area contributed by atoms with Crippen molar-refractivity contribution in [2.75, 3.05) is 0 Å². The summed E-state index contributed by atoms with van der Waals surface area (Å²) in [6, 6.07) is 22.8. The normalized spacial score (nSPS) is 11.9. The molecule has 0 unspecified atom stereocenters.